The number of ether oxygens (including phenoxy) is 2. The molecule has 6 nitrogen and oxygen atoms in total. The molecule has 0 radical (unpaired) electrons. The number of carboxylic acids is 1. The zero-order chi connectivity index (χ0) is 31.6. The van der Waals surface area contributed by atoms with E-state index in [0.29, 0.717) is 24.7 Å². The number of allylic oxidation sites excluding steroid dienone is 1. The topological polar surface area (TPSA) is 89.9 Å². The van der Waals surface area contributed by atoms with Crippen LogP contribution in [-0.4, -0.2) is 36.2 Å². The van der Waals surface area contributed by atoms with Gasteiger partial charge in [0.25, 0.3) is 5.97 Å². The van der Waals surface area contributed by atoms with Crippen LogP contribution in [0.2, 0.25) is 10.0 Å². The van der Waals surface area contributed by atoms with Crippen LogP contribution >= 0.6 is 56.1 Å². The van der Waals surface area contributed by atoms with Crippen LogP contribution in [0.1, 0.15) is 83.7 Å². The normalized spacial score (nSPS) is 11.6. The summed E-state index contributed by atoms with van der Waals surface area (Å²) >= 11 is 15.8. The predicted molar refractivity (Wildman–Crippen MR) is 182 cm³/mol. The van der Waals surface area contributed by atoms with Crippen molar-refractivity contribution in [2.75, 3.05) is 13.2 Å². The van der Waals surface area contributed by atoms with Gasteiger partial charge in [-0.1, -0.05) is 87.7 Å². The fourth-order valence-electron chi connectivity index (χ4n) is 3.30. The Morgan fingerprint density at radius 3 is 1.81 bits per heavy atom. The molecule has 1 atom stereocenters. The van der Waals surface area contributed by atoms with E-state index in [4.69, 9.17) is 42.6 Å². The third kappa shape index (κ3) is 17.3. The molecule has 0 aliphatic rings. The van der Waals surface area contributed by atoms with Gasteiger partial charge in [-0.3, -0.25) is 14.4 Å². The van der Waals surface area contributed by atoms with Crippen LogP contribution in [0.25, 0.3) is 6.08 Å². The number of carbonyl (C=O) groups excluding carboxylic acids is 2. The highest BCUT2D eigenvalue weighted by atomic mass is 79.9. The fourth-order valence-corrected chi connectivity index (χ4v) is 4.53. The van der Waals surface area contributed by atoms with Crippen molar-refractivity contribution in [3.05, 3.63) is 75.8 Å². The van der Waals surface area contributed by atoms with Gasteiger partial charge in [-0.05, 0) is 84.1 Å². The smallest absolute Gasteiger partial charge is 0.311 e. The molecular weight excluding hydrogens is 711 g/mol. The Balaban J connectivity index is 0. The van der Waals surface area contributed by atoms with Crippen molar-refractivity contribution in [3.8, 4) is 0 Å². The molecule has 2 aromatic rings. The molecule has 0 aliphatic heterocycles. The Bertz CT molecular complexity index is 1130. The summed E-state index contributed by atoms with van der Waals surface area (Å²) in [6.07, 6.45) is 6.08. The molecule has 0 amide bonds. The maximum Gasteiger partial charge on any atom is 0.311 e. The predicted octanol–water partition coefficient (Wildman–Crippen LogP) is 10.1. The van der Waals surface area contributed by atoms with Gasteiger partial charge in [0, 0.05) is 21.8 Å². The van der Waals surface area contributed by atoms with Gasteiger partial charge >= 0.3 is 11.9 Å². The van der Waals surface area contributed by atoms with Gasteiger partial charge in [0.15, 0.2) is 0 Å². The van der Waals surface area contributed by atoms with E-state index in [9.17, 15) is 9.59 Å². The maximum absolute atomic E-state index is 11.8. The molecule has 0 spiro atoms. The molecule has 0 saturated carbocycles. The Kier molecular flexibility index (Phi) is 21.9. The summed E-state index contributed by atoms with van der Waals surface area (Å²) in [4.78, 5) is 32.7. The SMILES string of the molecule is Br.CC(=O)O.CCOC(=O)C(C)(C)C/C=C/c1ccccc1Cl.CCOC(=O)C(C)(C)CCC(Br)c1ccccc1Cl. The lowest BCUT2D eigenvalue weighted by Crippen LogP contribution is -2.26. The second-order valence-electron chi connectivity index (χ2n) is 10.4. The van der Waals surface area contributed by atoms with Gasteiger partial charge in [-0.2, -0.15) is 0 Å². The second kappa shape index (κ2) is 21.8. The number of alkyl halides is 1. The van der Waals surface area contributed by atoms with Crippen LogP contribution in [0.4, 0.5) is 0 Å². The summed E-state index contributed by atoms with van der Waals surface area (Å²) in [6.45, 7) is 13.1. The zero-order valence-electron chi connectivity index (χ0n) is 25.4. The van der Waals surface area contributed by atoms with Crippen molar-refractivity contribution < 1.29 is 29.0 Å². The highest BCUT2D eigenvalue weighted by molar-refractivity contribution is 9.09. The second-order valence-corrected chi connectivity index (χ2v) is 12.3. The largest absolute Gasteiger partial charge is 0.481 e. The summed E-state index contributed by atoms with van der Waals surface area (Å²) in [5.74, 6) is -1.15. The van der Waals surface area contributed by atoms with Crippen molar-refractivity contribution in [3.63, 3.8) is 0 Å². The number of carboxylic acid groups (broad SMARTS) is 1. The van der Waals surface area contributed by atoms with Crippen LogP contribution in [0.5, 0.6) is 0 Å². The summed E-state index contributed by atoms with van der Waals surface area (Å²) < 4.78 is 10.1. The number of aliphatic carboxylic acids is 1. The Morgan fingerprint density at radius 1 is 0.881 bits per heavy atom. The van der Waals surface area contributed by atoms with Crippen LogP contribution in [-0.2, 0) is 23.9 Å². The average Bonchev–Trinajstić information content (AvgIpc) is 2.89. The first-order valence-electron chi connectivity index (χ1n) is 13.4. The number of hydrogen-bond acceptors (Lipinski definition) is 5. The molecule has 2 aromatic carbocycles. The van der Waals surface area contributed by atoms with Gasteiger partial charge in [-0.15, -0.1) is 17.0 Å². The minimum Gasteiger partial charge on any atom is -0.481 e. The van der Waals surface area contributed by atoms with Crippen LogP contribution in [0.3, 0.4) is 0 Å². The van der Waals surface area contributed by atoms with E-state index < -0.39 is 16.8 Å². The molecule has 2 rings (SSSR count). The Labute approximate surface area is 280 Å². The quantitative estimate of drug-likeness (QED) is 0.182. The monoisotopic (exact) mass is 752 g/mol. The van der Waals surface area contributed by atoms with E-state index in [1.54, 1.807) is 0 Å². The molecule has 42 heavy (non-hydrogen) atoms. The lowest BCUT2D eigenvalue weighted by atomic mass is 9.86. The minimum absolute atomic E-state index is 0. The standard InChI is InChI=1S/C15H20BrClO2.C15H19ClO2.C2H4O2.BrH/c1-4-19-14(18)15(2,3)10-9-12(16)11-7-5-6-8-13(11)17;1-4-18-14(17)15(2,3)11-7-9-12-8-5-6-10-13(12)16;1-2(3)4;/h5-8,12H,4,9-10H2,1-3H3;5-10H,4,11H2,1-3H3;1H3,(H,3,4);1H/b;9-7+;;. The van der Waals surface area contributed by atoms with Crippen molar-refractivity contribution in [1.29, 1.82) is 0 Å². The molecule has 0 bridgehead atoms. The van der Waals surface area contributed by atoms with E-state index in [0.717, 1.165) is 35.9 Å². The molecule has 0 saturated heterocycles. The minimum atomic E-state index is -0.833. The lowest BCUT2D eigenvalue weighted by molar-refractivity contribution is -0.154. The summed E-state index contributed by atoms with van der Waals surface area (Å²) in [6, 6.07) is 15.4. The highest BCUT2D eigenvalue weighted by Gasteiger charge is 2.30. The van der Waals surface area contributed by atoms with E-state index in [-0.39, 0.29) is 33.7 Å². The van der Waals surface area contributed by atoms with E-state index in [1.807, 2.05) is 102 Å². The highest BCUT2D eigenvalue weighted by Crippen LogP contribution is 2.36. The lowest BCUT2D eigenvalue weighted by Gasteiger charge is -2.23. The fraction of sp³-hybridized carbons (Fsp3) is 0.469. The Hall–Kier alpha value is -1.87. The third-order valence-electron chi connectivity index (χ3n) is 5.75. The van der Waals surface area contributed by atoms with Crippen molar-refractivity contribution in [1.82, 2.24) is 0 Å². The van der Waals surface area contributed by atoms with Crippen molar-refractivity contribution in [2.45, 2.75) is 72.6 Å². The molecule has 0 aliphatic carbocycles. The van der Waals surface area contributed by atoms with Crippen LogP contribution in [0.15, 0.2) is 54.6 Å². The summed E-state index contributed by atoms with van der Waals surface area (Å²) in [5, 5.41) is 8.88. The van der Waals surface area contributed by atoms with Gasteiger partial charge in [0.05, 0.1) is 24.0 Å². The molecule has 10 heteroatoms. The number of halogens is 4. The number of carbonyl (C=O) groups is 3. The third-order valence-corrected chi connectivity index (χ3v) is 7.39. The van der Waals surface area contributed by atoms with Crippen molar-refractivity contribution in [2.24, 2.45) is 10.8 Å². The van der Waals surface area contributed by atoms with E-state index >= 15 is 0 Å². The van der Waals surface area contributed by atoms with Crippen LogP contribution < -0.4 is 0 Å². The number of benzene rings is 2. The zero-order valence-corrected chi connectivity index (χ0v) is 30.2. The number of rotatable bonds is 11. The van der Waals surface area contributed by atoms with Crippen LogP contribution in [0, 0.1) is 10.8 Å². The van der Waals surface area contributed by atoms with Gasteiger partial charge in [0.1, 0.15) is 0 Å². The summed E-state index contributed by atoms with van der Waals surface area (Å²) in [7, 11) is 0. The van der Waals surface area contributed by atoms with Gasteiger partial charge in [0.2, 0.25) is 0 Å². The molecule has 0 aromatic heterocycles. The molecule has 236 valence electrons. The van der Waals surface area contributed by atoms with Gasteiger partial charge in [-0.25, -0.2) is 0 Å². The number of esters is 2. The molecule has 0 fully saturated rings. The number of hydrogen-bond donors (Lipinski definition) is 1. The molecular formula is C32H44Br2Cl2O6. The molecule has 1 unspecified atom stereocenters. The Morgan fingerprint density at radius 2 is 1.33 bits per heavy atom. The van der Waals surface area contributed by atoms with E-state index in [1.165, 1.54) is 0 Å². The maximum atomic E-state index is 11.8. The average molecular weight is 755 g/mol. The first-order chi connectivity index (χ1) is 19.1. The molecule has 0 heterocycles. The van der Waals surface area contributed by atoms with Crippen molar-refractivity contribution >= 4 is 80.1 Å². The molecule has 1 N–H and O–H groups in total. The summed E-state index contributed by atoms with van der Waals surface area (Å²) in [5.41, 5.74) is 1.04. The first kappa shape index (κ1) is 42.3. The van der Waals surface area contributed by atoms with E-state index in [2.05, 4.69) is 15.9 Å². The van der Waals surface area contributed by atoms with Gasteiger partial charge < -0.3 is 14.6 Å². The first-order valence-corrected chi connectivity index (χ1v) is 15.1.